The first-order valence-corrected chi connectivity index (χ1v) is 9.27. The van der Waals surface area contributed by atoms with E-state index in [0.29, 0.717) is 9.23 Å². The van der Waals surface area contributed by atoms with Gasteiger partial charge in [-0.05, 0) is 12.1 Å². The molecule has 18 heavy (non-hydrogen) atoms. The van der Waals surface area contributed by atoms with Gasteiger partial charge >= 0.3 is 0 Å². The normalized spacial score (nSPS) is 12.8. The van der Waals surface area contributed by atoms with Crippen molar-refractivity contribution in [2.75, 3.05) is 16.2 Å². The van der Waals surface area contributed by atoms with Gasteiger partial charge in [-0.2, -0.15) is 0 Å². The molecule has 0 N–H and O–H groups in total. The summed E-state index contributed by atoms with van der Waals surface area (Å²) in [5.41, 5.74) is 0.565. The van der Waals surface area contributed by atoms with Crippen molar-refractivity contribution in [3.05, 3.63) is 24.3 Å². The van der Waals surface area contributed by atoms with E-state index in [1.807, 2.05) is 0 Å². The number of hydrogen-bond donors (Lipinski definition) is 0. The summed E-state index contributed by atoms with van der Waals surface area (Å²) in [6.45, 7) is 0. The van der Waals surface area contributed by atoms with Gasteiger partial charge in [0.25, 0.3) is 0 Å². The molecule has 1 aromatic carbocycles. The molecule has 98 valence electrons. The van der Waals surface area contributed by atoms with E-state index >= 15 is 0 Å². The maximum atomic E-state index is 11.6. The molecule has 2 aromatic rings. The first kappa shape index (κ1) is 13.2. The van der Waals surface area contributed by atoms with Crippen LogP contribution in [0.25, 0.3) is 10.2 Å². The van der Waals surface area contributed by atoms with Crippen LogP contribution >= 0.6 is 11.3 Å². The summed E-state index contributed by atoms with van der Waals surface area (Å²) in [5, 5.41) is -0.0683. The fourth-order valence-electron chi connectivity index (χ4n) is 1.47. The van der Waals surface area contributed by atoms with Crippen LogP contribution in [0.5, 0.6) is 0 Å². The third-order valence-corrected chi connectivity index (χ3v) is 6.47. The Morgan fingerprint density at radius 3 is 2.11 bits per heavy atom. The second-order valence-corrected chi connectivity index (χ2v) is 8.59. The Labute approximate surface area is 109 Å². The lowest BCUT2D eigenvalue weighted by molar-refractivity contribution is 0.590. The van der Waals surface area contributed by atoms with Crippen LogP contribution in [0, 0.1) is 0 Å². The zero-order valence-electron chi connectivity index (χ0n) is 9.56. The van der Waals surface area contributed by atoms with Crippen LogP contribution in [-0.4, -0.2) is 34.3 Å². The zero-order chi connectivity index (χ0) is 13.6. The molecule has 0 saturated heterocycles. The van der Waals surface area contributed by atoms with Gasteiger partial charge in [-0.15, -0.1) is 3.71 Å². The van der Waals surface area contributed by atoms with E-state index in [4.69, 9.17) is 0 Å². The summed E-state index contributed by atoms with van der Waals surface area (Å²) >= 11 is 1.02. The molecular formula is C9H10N2O4S3. The number of hydrogen-bond acceptors (Lipinski definition) is 6. The van der Waals surface area contributed by atoms with Crippen molar-refractivity contribution in [3.63, 3.8) is 0 Å². The molecule has 1 heterocycles. The summed E-state index contributed by atoms with van der Waals surface area (Å²) in [6, 6.07) is 6.96. The van der Waals surface area contributed by atoms with Gasteiger partial charge in [-0.3, -0.25) is 0 Å². The van der Waals surface area contributed by atoms with E-state index in [-0.39, 0.29) is 5.13 Å². The largest absolute Gasteiger partial charge is 0.247 e. The van der Waals surface area contributed by atoms with Gasteiger partial charge < -0.3 is 0 Å². The van der Waals surface area contributed by atoms with Crippen LogP contribution in [0.15, 0.2) is 24.3 Å². The van der Waals surface area contributed by atoms with Crippen LogP contribution in [0.2, 0.25) is 0 Å². The van der Waals surface area contributed by atoms with E-state index in [1.54, 1.807) is 24.3 Å². The number of benzene rings is 1. The number of aromatic nitrogens is 1. The maximum absolute atomic E-state index is 11.6. The highest BCUT2D eigenvalue weighted by Crippen LogP contribution is 2.31. The van der Waals surface area contributed by atoms with Gasteiger partial charge in [0, 0.05) is 0 Å². The number of rotatable bonds is 3. The molecule has 0 saturated carbocycles. The predicted octanol–water partition coefficient (Wildman–Crippen LogP) is 1.02. The molecule has 1 aromatic heterocycles. The summed E-state index contributed by atoms with van der Waals surface area (Å²) in [5.74, 6) is 0. The minimum Gasteiger partial charge on any atom is -0.218 e. The average Bonchev–Trinajstić information content (AvgIpc) is 2.54. The summed E-state index contributed by atoms with van der Waals surface area (Å²) in [6.07, 6.45) is 1.67. The number of nitrogens with zero attached hydrogens (tertiary/aromatic N) is 2. The lowest BCUT2D eigenvalue weighted by Gasteiger charge is -2.15. The van der Waals surface area contributed by atoms with Crippen molar-refractivity contribution in [2.45, 2.75) is 0 Å². The van der Waals surface area contributed by atoms with Crippen molar-refractivity contribution < 1.29 is 16.8 Å². The molecular weight excluding hydrogens is 296 g/mol. The maximum Gasteiger partial charge on any atom is 0.247 e. The lowest BCUT2D eigenvalue weighted by Crippen LogP contribution is -2.35. The van der Waals surface area contributed by atoms with E-state index in [2.05, 4.69) is 4.98 Å². The fraction of sp³-hybridized carbons (Fsp3) is 0.222. The third-order valence-electron chi connectivity index (χ3n) is 2.04. The summed E-state index contributed by atoms with van der Waals surface area (Å²) in [7, 11) is -7.86. The molecule has 0 amide bonds. The Hall–Kier alpha value is -1.19. The number of sulfonamides is 2. The van der Waals surface area contributed by atoms with Gasteiger partial charge in [0.1, 0.15) is 0 Å². The lowest BCUT2D eigenvalue weighted by atomic mass is 10.3. The van der Waals surface area contributed by atoms with E-state index in [9.17, 15) is 16.8 Å². The van der Waals surface area contributed by atoms with Crippen molar-refractivity contribution in [2.24, 2.45) is 0 Å². The SMILES string of the molecule is CS(=O)(=O)N(c1nc2ccccc2s1)S(C)(=O)=O. The Morgan fingerprint density at radius 1 is 1.06 bits per heavy atom. The first-order chi connectivity index (χ1) is 8.19. The van der Waals surface area contributed by atoms with E-state index in [1.165, 1.54) is 0 Å². The predicted molar refractivity (Wildman–Crippen MR) is 71.8 cm³/mol. The molecule has 0 aliphatic rings. The first-order valence-electron chi connectivity index (χ1n) is 4.75. The van der Waals surface area contributed by atoms with Crippen LogP contribution in [0.4, 0.5) is 5.13 Å². The number of para-hydroxylation sites is 1. The smallest absolute Gasteiger partial charge is 0.218 e. The van der Waals surface area contributed by atoms with E-state index < -0.39 is 20.0 Å². The molecule has 0 aliphatic heterocycles. The molecule has 0 unspecified atom stereocenters. The highest BCUT2D eigenvalue weighted by molar-refractivity contribution is 8.09. The van der Waals surface area contributed by atoms with Gasteiger partial charge in [-0.25, -0.2) is 21.8 Å². The van der Waals surface area contributed by atoms with Crippen molar-refractivity contribution in [1.82, 2.24) is 4.98 Å². The van der Waals surface area contributed by atoms with Crippen molar-refractivity contribution in [3.8, 4) is 0 Å². The van der Waals surface area contributed by atoms with Gasteiger partial charge in [-0.1, -0.05) is 23.5 Å². The summed E-state index contributed by atoms with van der Waals surface area (Å²) < 4.78 is 47.4. The zero-order valence-corrected chi connectivity index (χ0v) is 12.0. The van der Waals surface area contributed by atoms with Gasteiger partial charge in [0.2, 0.25) is 25.2 Å². The standard InChI is InChI=1S/C9H10N2O4S3/c1-17(12,13)11(18(2,14)15)9-10-7-5-3-4-6-8(7)16-9/h3-6H,1-2H3. The Balaban J connectivity index is 2.70. The minimum atomic E-state index is -3.93. The molecule has 0 radical (unpaired) electrons. The molecule has 0 fully saturated rings. The van der Waals surface area contributed by atoms with Crippen LogP contribution < -0.4 is 3.71 Å². The minimum absolute atomic E-state index is 0.0683. The molecule has 9 heteroatoms. The second-order valence-electron chi connectivity index (χ2n) is 3.69. The van der Waals surface area contributed by atoms with E-state index in [0.717, 1.165) is 28.5 Å². The molecule has 0 bridgehead atoms. The molecule has 0 spiro atoms. The van der Waals surface area contributed by atoms with Crippen LogP contribution in [0.1, 0.15) is 0 Å². The van der Waals surface area contributed by atoms with Crippen LogP contribution in [0.3, 0.4) is 0 Å². The highest BCUT2D eigenvalue weighted by atomic mass is 32.3. The number of anilines is 1. The second kappa shape index (κ2) is 4.18. The van der Waals surface area contributed by atoms with Crippen molar-refractivity contribution >= 4 is 46.7 Å². The topological polar surface area (TPSA) is 84.4 Å². The monoisotopic (exact) mass is 306 g/mol. The van der Waals surface area contributed by atoms with Gasteiger partial charge in [0.15, 0.2) is 0 Å². The van der Waals surface area contributed by atoms with Crippen molar-refractivity contribution in [1.29, 1.82) is 0 Å². The molecule has 6 nitrogen and oxygen atoms in total. The van der Waals surface area contributed by atoms with Crippen LogP contribution in [-0.2, 0) is 20.0 Å². The molecule has 0 aliphatic carbocycles. The average molecular weight is 306 g/mol. The fourth-order valence-corrected chi connectivity index (χ4v) is 5.90. The Bertz CT molecular complexity index is 727. The molecule has 2 rings (SSSR count). The number of fused-ring (bicyclic) bond motifs is 1. The molecule has 0 atom stereocenters. The Morgan fingerprint density at radius 2 is 1.61 bits per heavy atom. The Kier molecular flexibility index (Phi) is 3.07. The third kappa shape index (κ3) is 2.47. The number of thiazole rings is 1. The van der Waals surface area contributed by atoms with Gasteiger partial charge in [0.05, 0.1) is 22.7 Å². The summed E-state index contributed by atoms with van der Waals surface area (Å²) in [4.78, 5) is 4.03. The quantitative estimate of drug-likeness (QED) is 0.845. The highest BCUT2D eigenvalue weighted by Gasteiger charge is 2.30.